The van der Waals surface area contributed by atoms with Crippen LogP contribution in [-0.4, -0.2) is 34.0 Å². The number of aromatic nitrogens is 1. The van der Waals surface area contributed by atoms with Crippen molar-refractivity contribution in [3.05, 3.63) is 52.9 Å². The summed E-state index contributed by atoms with van der Waals surface area (Å²) in [5, 5.41) is 3.94. The maximum Gasteiger partial charge on any atom is 0.255 e. The molecule has 0 N–H and O–H groups in total. The van der Waals surface area contributed by atoms with Gasteiger partial charge in [0.2, 0.25) is 0 Å². The van der Waals surface area contributed by atoms with Gasteiger partial charge in [-0.05, 0) is 19.4 Å². The van der Waals surface area contributed by atoms with E-state index in [1.165, 1.54) is 0 Å². The van der Waals surface area contributed by atoms with E-state index in [-0.39, 0.29) is 12.1 Å². The van der Waals surface area contributed by atoms with Gasteiger partial charge in [0.1, 0.15) is 6.17 Å². The van der Waals surface area contributed by atoms with E-state index in [9.17, 15) is 4.79 Å². The van der Waals surface area contributed by atoms with E-state index in [4.69, 9.17) is 4.52 Å². The van der Waals surface area contributed by atoms with Crippen LogP contribution in [0.25, 0.3) is 0 Å². The van der Waals surface area contributed by atoms with E-state index < -0.39 is 0 Å². The standard InChI is InChI=1S/C16H17N3O2/c1-11-9-12(21-17-11)10-18-7-4-8-19-15(18)13-5-2-3-6-14(13)16(19)20/h2-3,5-6,9,15H,4,7-8,10H2,1H3. The van der Waals surface area contributed by atoms with Gasteiger partial charge >= 0.3 is 0 Å². The molecule has 0 saturated carbocycles. The molecule has 5 nitrogen and oxygen atoms in total. The van der Waals surface area contributed by atoms with Crippen LogP contribution in [0.1, 0.15) is 40.0 Å². The lowest BCUT2D eigenvalue weighted by atomic mass is 10.1. The number of carbonyl (C=O) groups excluding carboxylic acids is 1. The Bertz CT molecular complexity index is 694. The van der Waals surface area contributed by atoms with Crippen molar-refractivity contribution in [3.63, 3.8) is 0 Å². The maximum atomic E-state index is 12.5. The molecular weight excluding hydrogens is 266 g/mol. The van der Waals surface area contributed by atoms with Crippen molar-refractivity contribution in [1.29, 1.82) is 0 Å². The van der Waals surface area contributed by atoms with Crippen molar-refractivity contribution in [3.8, 4) is 0 Å². The van der Waals surface area contributed by atoms with Crippen LogP contribution >= 0.6 is 0 Å². The molecule has 0 spiro atoms. The summed E-state index contributed by atoms with van der Waals surface area (Å²) in [5.74, 6) is 1.00. The van der Waals surface area contributed by atoms with Gasteiger partial charge in [0.05, 0.1) is 12.2 Å². The fourth-order valence-corrected chi connectivity index (χ4v) is 3.39. The third-order valence-corrected chi connectivity index (χ3v) is 4.25. The highest BCUT2D eigenvalue weighted by atomic mass is 16.5. The molecule has 0 bridgehead atoms. The van der Waals surface area contributed by atoms with Gasteiger partial charge in [-0.2, -0.15) is 0 Å². The number of aryl methyl sites for hydroxylation is 1. The van der Waals surface area contributed by atoms with Gasteiger partial charge in [0, 0.05) is 30.3 Å². The van der Waals surface area contributed by atoms with Crippen molar-refractivity contribution in [2.24, 2.45) is 0 Å². The second kappa shape index (κ2) is 4.70. The van der Waals surface area contributed by atoms with E-state index in [1.807, 2.05) is 36.1 Å². The lowest BCUT2D eigenvalue weighted by Crippen LogP contribution is -2.45. The highest BCUT2D eigenvalue weighted by molar-refractivity contribution is 5.99. The number of hydrogen-bond donors (Lipinski definition) is 0. The Balaban J connectivity index is 1.68. The van der Waals surface area contributed by atoms with Gasteiger partial charge in [0.25, 0.3) is 5.91 Å². The van der Waals surface area contributed by atoms with Gasteiger partial charge < -0.3 is 9.42 Å². The summed E-state index contributed by atoms with van der Waals surface area (Å²) >= 11 is 0. The second-order valence-corrected chi connectivity index (χ2v) is 5.72. The Morgan fingerprint density at radius 1 is 1.33 bits per heavy atom. The molecule has 1 fully saturated rings. The summed E-state index contributed by atoms with van der Waals surface area (Å²) in [6.07, 6.45) is 1.02. The summed E-state index contributed by atoms with van der Waals surface area (Å²) in [4.78, 5) is 16.8. The highest BCUT2D eigenvalue weighted by Gasteiger charge is 2.42. The quantitative estimate of drug-likeness (QED) is 0.849. The van der Waals surface area contributed by atoms with E-state index >= 15 is 0 Å². The summed E-state index contributed by atoms with van der Waals surface area (Å²) < 4.78 is 5.34. The Labute approximate surface area is 123 Å². The monoisotopic (exact) mass is 283 g/mol. The smallest absolute Gasteiger partial charge is 0.255 e. The van der Waals surface area contributed by atoms with Crippen molar-refractivity contribution in [1.82, 2.24) is 15.0 Å². The van der Waals surface area contributed by atoms with Crippen LogP contribution in [0.5, 0.6) is 0 Å². The number of rotatable bonds is 2. The average molecular weight is 283 g/mol. The second-order valence-electron chi connectivity index (χ2n) is 5.72. The van der Waals surface area contributed by atoms with E-state index in [1.54, 1.807) is 0 Å². The van der Waals surface area contributed by atoms with Gasteiger partial charge in [-0.25, -0.2) is 0 Å². The molecule has 5 heteroatoms. The number of benzene rings is 1. The molecule has 1 amide bonds. The van der Waals surface area contributed by atoms with Crippen LogP contribution in [0.15, 0.2) is 34.9 Å². The summed E-state index contributed by atoms with van der Waals surface area (Å²) in [5.41, 5.74) is 2.84. The lowest BCUT2D eigenvalue weighted by Gasteiger charge is -2.39. The minimum absolute atomic E-state index is 0.0351. The SMILES string of the molecule is Cc1cc(CN2CCCN3C(=O)c4ccccc4C23)on1. The molecule has 1 saturated heterocycles. The van der Waals surface area contributed by atoms with Crippen molar-refractivity contribution in [2.75, 3.05) is 13.1 Å². The van der Waals surface area contributed by atoms with Crippen LogP contribution in [0.2, 0.25) is 0 Å². The number of nitrogens with zero attached hydrogens (tertiary/aromatic N) is 3. The molecule has 2 aliphatic heterocycles. The number of amides is 1. The number of hydrogen-bond acceptors (Lipinski definition) is 4. The predicted octanol–water partition coefficient (Wildman–Crippen LogP) is 2.34. The first-order valence-electron chi connectivity index (χ1n) is 7.30. The molecule has 1 aromatic heterocycles. The van der Waals surface area contributed by atoms with Crippen LogP contribution < -0.4 is 0 Å². The van der Waals surface area contributed by atoms with Crippen LogP contribution in [-0.2, 0) is 6.54 Å². The Morgan fingerprint density at radius 3 is 3.00 bits per heavy atom. The topological polar surface area (TPSA) is 49.6 Å². The summed E-state index contributed by atoms with van der Waals surface area (Å²) in [7, 11) is 0. The molecule has 21 heavy (non-hydrogen) atoms. The Hall–Kier alpha value is -2.14. The molecule has 0 radical (unpaired) electrons. The minimum atomic E-state index is 0.0351. The maximum absolute atomic E-state index is 12.5. The van der Waals surface area contributed by atoms with Crippen LogP contribution in [0.3, 0.4) is 0 Å². The van der Waals surface area contributed by atoms with Gasteiger partial charge in [0.15, 0.2) is 5.76 Å². The zero-order valence-corrected chi connectivity index (χ0v) is 12.0. The number of carbonyl (C=O) groups is 1. The van der Waals surface area contributed by atoms with Gasteiger partial charge in [-0.3, -0.25) is 9.69 Å². The predicted molar refractivity (Wildman–Crippen MR) is 76.5 cm³/mol. The minimum Gasteiger partial charge on any atom is -0.360 e. The molecule has 4 rings (SSSR count). The molecule has 1 aromatic carbocycles. The zero-order valence-electron chi connectivity index (χ0n) is 12.0. The Morgan fingerprint density at radius 2 is 2.19 bits per heavy atom. The molecule has 1 unspecified atom stereocenters. The van der Waals surface area contributed by atoms with E-state index in [2.05, 4.69) is 16.1 Å². The van der Waals surface area contributed by atoms with Crippen LogP contribution in [0.4, 0.5) is 0 Å². The largest absolute Gasteiger partial charge is 0.360 e. The molecule has 108 valence electrons. The van der Waals surface area contributed by atoms with Crippen molar-refractivity contribution in [2.45, 2.75) is 26.1 Å². The first kappa shape index (κ1) is 12.6. The van der Waals surface area contributed by atoms with Gasteiger partial charge in [-0.1, -0.05) is 23.4 Å². The summed E-state index contributed by atoms with van der Waals surface area (Å²) in [6.45, 7) is 4.39. The normalized spacial score (nSPS) is 21.5. The molecule has 1 atom stereocenters. The van der Waals surface area contributed by atoms with E-state index in [0.717, 1.165) is 42.1 Å². The first-order chi connectivity index (χ1) is 10.2. The Kier molecular flexibility index (Phi) is 2.82. The fourth-order valence-electron chi connectivity index (χ4n) is 3.39. The molecule has 3 heterocycles. The summed E-state index contributed by atoms with van der Waals surface area (Å²) in [6, 6.07) is 9.87. The number of fused-ring (bicyclic) bond motifs is 3. The van der Waals surface area contributed by atoms with Crippen molar-refractivity contribution >= 4 is 5.91 Å². The fraction of sp³-hybridized carbons (Fsp3) is 0.375. The van der Waals surface area contributed by atoms with E-state index in [0.29, 0.717) is 6.54 Å². The molecule has 2 aromatic rings. The van der Waals surface area contributed by atoms with Crippen molar-refractivity contribution < 1.29 is 9.32 Å². The molecular formula is C16H17N3O2. The third-order valence-electron chi connectivity index (χ3n) is 4.25. The third kappa shape index (κ3) is 1.96. The molecule has 2 aliphatic rings. The highest BCUT2D eigenvalue weighted by Crippen LogP contribution is 2.39. The first-order valence-corrected chi connectivity index (χ1v) is 7.30. The van der Waals surface area contributed by atoms with Crippen LogP contribution in [0, 0.1) is 6.92 Å². The molecule has 0 aliphatic carbocycles. The average Bonchev–Trinajstić information content (AvgIpc) is 3.03. The van der Waals surface area contributed by atoms with Gasteiger partial charge in [-0.15, -0.1) is 0 Å². The lowest BCUT2D eigenvalue weighted by molar-refractivity contribution is 0.00865. The zero-order chi connectivity index (χ0) is 14.4.